The third-order valence-corrected chi connectivity index (χ3v) is 4.38. The molecule has 3 N–H and O–H groups in total. The molecule has 0 radical (unpaired) electrons. The van der Waals surface area contributed by atoms with E-state index in [1.807, 2.05) is 55.5 Å². The molecule has 0 aliphatic rings. The second-order valence-electron chi connectivity index (χ2n) is 6.48. The summed E-state index contributed by atoms with van der Waals surface area (Å²) in [7, 11) is 0. The van der Waals surface area contributed by atoms with Crippen molar-refractivity contribution in [3.63, 3.8) is 0 Å². The molecule has 0 aliphatic heterocycles. The lowest BCUT2D eigenvalue weighted by Gasteiger charge is -2.16. The van der Waals surface area contributed by atoms with Crippen molar-refractivity contribution in [3.05, 3.63) is 70.8 Å². The van der Waals surface area contributed by atoms with Crippen molar-refractivity contribution in [2.45, 2.75) is 32.3 Å². The number of carbonyl (C=O) groups is 1. The average Bonchev–Trinajstić information content (AvgIpc) is 2.66. The molecule has 0 aromatic heterocycles. The van der Waals surface area contributed by atoms with Gasteiger partial charge in [0, 0.05) is 5.56 Å². The molecule has 0 bridgehead atoms. The van der Waals surface area contributed by atoms with Gasteiger partial charge in [0.1, 0.15) is 0 Å². The van der Waals surface area contributed by atoms with Crippen LogP contribution in [0.5, 0.6) is 0 Å². The van der Waals surface area contributed by atoms with E-state index in [-0.39, 0.29) is 13.0 Å². The Balaban J connectivity index is 2.52. The number of aliphatic hydroxyl groups is 2. The molecule has 0 heterocycles. The molecule has 1 unspecified atom stereocenters. The lowest BCUT2D eigenvalue weighted by atomic mass is 9.90. The van der Waals surface area contributed by atoms with Crippen LogP contribution in [0.25, 0.3) is 5.57 Å². The van der Waals surface area contributed by atoms with Crippen LogP contribution in [0, 0.1) is 0 Å². The predicted octanol–water partition coefficient (Wildman–Crippen LogP) is 3.60. The molecule has 2 aromatic carbocycles. The highest BCUT2D eigenvalue weighted by Gasteiger charge is 2.15. The average molecular weight is 367 g/mol. The lowest BCUT2D eigenvalue weighted by molar-refractivity contribution is -0.136. The van der Waals surface area contributed by atoms with E-state index in [9.17, 15) is 15.0 Å². The maximum Gasteiger partial charge on any atom is 0.307 e. The molecule has 2 rings (SSSR count). The first kappa shape index (κ1) is 20.6. The predicted molar refractivity (Wildman–Crippen MR) is 107 cm³/mol. The van der Waals surface area contributed by atoms with Gasteiger partial charge in [-0.3, -0.25) is 9.79 Å². The minimum absolute atomic E-state index is 0.0751. The monoisotopic (exact) mass is 367 g/mol. The fraction of sp³-hybridized carbons (Fsp3) is 0.273. The lowest BCUT2D eigenvalue weighted by Crippen LogP contribution is -2.12. The van der Waals surface area contributed by atoms with Crippen LogP contribution < -0.4 is 0 Å². The van der Waals surface area contributed by atoms with Gasteiger partial charge in [0.25, 0.3) is 0 Å². The highest BCUT2D eigenvalue weighted by Crippen LogP contribution is 2.34. The number of carboxylic acid groups (broad SMARTS) is 1. The number of rotatable bonds is 9. The Kier molecular flexibility index (Phi) is 7.46. The van der Waals surface area contributed by atoms with Crippen molar-refractivity contribution in [2.24, 2.45) is 4.99 Å². The molecule has 0 amide bonds. The minimum atomic E-state index is -0.892. The summed E-state index contributed by atoms with van der Waals surface area (Å²) in [4.78, 5) is 15.4. The van der Waals surface area contributed by atoms with E-state index in [2.05, 4.69) is 11.7 Å². The molecule has 5 nitrogen and oxygen atoms in total. The van der Waals surface area contributed by atoms with Gasteiger partial charge in [0.2, 0.25) is 0 Å². The van der Waals surface area contributed by atoms with E-state index < -0.39 is 12.1 Å². The Hall–Kier alpha value is -2.76. The van der Waals surface area contributed by atoms with Gasteiger partial charge in [-0.05, 0) is 49.2 Å². The number of aryl methyl sites for hydroxylation is 1. The Bertz CT molecular complexity index is 842. The molecule has 0 aliphatic carbocycles. The molecule has 5 heteroatoms. The number of benzene rings is 2. The summed E-state index contributed by atoms with van der Waals surface area (Å²) in [6.45, 7) is 5.17. The topological polar surface area (TPSA) is 90.1 Å². The van der Waals surface area contributed by atoms with Crippen LogP contribution in [0.4, 0.5) is 5.69 Å². The summed E-state index contributed by atoms with van der Waals surface area (Å²) in [5, 5.41) is 27.8. The largest absolute Gasteiger partial charge is 0.481 e. The molecule has 27 heavy (non-hydrogen) atoms. The first-order chi connectivity index (χ1) is 13.0. The Labute approximate surface area is 159 Å². The molecule has 2 aromatic rings. The van der Waals surface area contributed by atoms with Crippen LogP contribution in [0.3, 0.4) is 0 Å². The van der Waals surface area contributed by atoms with Gasteiger partial charge in [0.15, 0.2) is 0 Å². The van der Waals surface area contributed by atoms with Crippen molar-refractivity contribution in [2.75, 3.05) is 6.61 Å². The normalized spacial score (nSPS) is 13.0. The molecule has 1 atom stereocenters. The van der Waals surface area contributed by atoms with Crippen LogP contribution in [0.1, 0.15) is 36.5 Å². The van der Waals surface area contributed by atoms with Gasteiger partial charge in [-0.1, -0.05) is 48.0 Å². The third-order valence-electron chi connectivity index (χ3n) is 4.38. The number of carboxylic acids is 1. The van der Waals surface area contributed by atoms with Gasteiger partial charge in [-0.25, -0.2) is 0 Å². The highest BCUT2D eigenvalue weighted by molar-refractivity contribution is 5.89. The first-order valence-corrected chi connectivity index (χ1v) is 8.82. The molecular formula is C22H25NO4. The molecule has 0 saturated heterocycles. The maximum atomic E-state index is 11.3. The van der Waals surface area contributed by atoms with Crippen LogP contribution in [0.15, 0.2) is 59.1 Å². The second-order valence-corrected chi connectivity index (χ2v) is 6.48. The van der Waals surface area contributed by atoms with Crippen molar-refractivity contribution >= 4 is 23.9 Å². The number of hydrogen-bond donors (Lipinski definition) is 3. The zero-order valence-electron chi connectivity index (χ0n) is 15.4. The summed E-state index contributed by atoms with van der Waals surface area (Å²) in [6.07, 6.45) is 0.247. The number of aliphatic hydroxyl groups excluding tert-OH is 2. The van der Waals surface area contributed by atoms with Crippen molar-refractivity contribution < 1.29 is 20.1 Å². The van der Waals surface area contributed by atoms with E-state index in [4.69, 9.17) is 5.11 Å². The Morgan fingerprint density at radius 1 is 1.19 bits per heavy atom. The molecule has 0 spiro atoms. The number of para-hydroxylation sites is 1. The smallest absolute Gasteiger partial charge is 0.307 e. The van der Waals surface area contributed by atoms with E-state index in [1.165, 1.54) is 0 Å². The van der Waals surface area contributed by atoms with Crippen molar-refractivity contribution in [1.29, 1.82) is 0 Å². The molecule has 0 fully saturated rings. The fourth-order valence-corrected chi connectivity index (χ4v) is 3.08. The van der Waals surface area contributed by atoms with E-state index in [0.717, 1.165) is 27.8 Å². The number of aliphatic carboxylic acids is 1. The number of aliphatic imine (C=N–C) groups is 1. The summed E-state index contributed by atoms with van der Waals surface area (Å²) in [5.74, 6) is -0.892. The SMILES string of the molecule is C=Nc1ccccc1/C(=C(\C)CC(=O)O)c1cccc(CCC(O)CO)c1. The standard InChI is InChI=1S/C22H25NO4/c1-15(12-21(26)27)22(19-8-3-4-9-20(19)23-2)17-7-5-6-16(13-17)10-11-18(25)14-24/h3-9,13,18,24-25H,2,10-12,14H2,1H3,(H,26,27)/b22-15+. The van der Waals surface area contributed by atoms with Crippen molar-refractivity contribution in [1.82, 2.24) is 0 Å². The molecular weight excluding hydrogens is 342 g/mol. The van der Waals surface area contributed by atoms with Gasteiger partial charge < -0.3 is 15.3 Å². The second kappa shape index (κ2) is 9.80. The third kappa shape index (κ3) is 5.61. The number of nitrogens with zero attached hydrogens (tertiary/aromatic N) is 1. The molecule has 142 valence electrons. The van der Waals surface area contributed by atoms with Gasteiger partial charge in [0.05, 0.1) is 24.8 Å². The summed E-state index contributed by atoms with van der Waals surface area (Å²) in [5.41, 5.74) is 4.97. The van der Waals surface area contributed by atoms with E-state index in [1.54, 1.807) is 0 Å². The number of hydrogen-bond acceptors (Lipinski definition) is 4. The minimum Gasteiger partial charge on any atom is -0.481 e. The maximum absolute atomic E-state index is 11.3. The van der Waals surface area contributed by atoms with Crippen LogP contribution in [0.2, 0.25) is 0 Å². The zero-order chi connectivity index (χ0) is 19.8. The van der Waals surface area contributed by atoms with E-state index >= 15 is 0 Å². The molecule has 0 saturated carbocycles. The van der Waals surface area contributed by atoms with Crippen LogP contribution >= 0.6 is 0 Å². The van der Waals surface area contributed by atoms with Crippen LogP contribution in [-0.2, 0) is 11.2 Å². The summed E-state index contributed by atoms with van der Waals surface area (Å²) >= 11 is 0. The van der Waals surface area contributed by atoms with Gasteiger partial charge in [-0.15, -0.1) is 0 Å². The van der Waals surface area contributed by atoms with Gasteiger partial charge in [-0.2, -0.15) is 0 Å². The van der Waals surface area contributed by atoms with E-state index in [0.29, 0.717) is 18.5 Å². The first-order valence-electron chi connectivity index (χ1n) is 8.82. The van der Waals surface area contributed by atoms with Crippen LogP contribution in [-0.4, -0.2) is 40.7 Å². The fourth-order valence-electron chi connectivity index (χ4n) is 3.08. The van der Waals surface area contributed by atoms with Crippen molar-refractivity contribution in [3.8, 4) is 0 Å². The Morgan fingerprint density at radius 2 is 1.93 bits per heavy atom. The summed E-state index contributed by atoms with van der Waals surface area (Å²) in [6, 6.07) is 15.3. The zero-order valence-corrected chi connectivity index (χ0v) is 15.4. The highest BCUT2D eigenvalue weighted by atomic mass is 16.4. The quantitative estimate of drug-likeness (QED) is 0.591. The van der Waals surface area contributed by atoms with Gasteiger partial charge >= 0.3 is 5.97 Å². The Morgan fingerprint density at radius 3 is 2.59 bits per heavy atom. The summed E-state index contributed by atoms with van der Waals surface area (Å²) < 4.78 is 0.